The van der Waals surface area contributed by atoms with Crippen molar-refractivity contribution in [2.45, 2.75) is 25.5 Å². The lowest BCUT2D eigenvalue weighted by atomic mass is 10.1. The van der Waals surface area contributed by atoms with Gasteiger partial charge in [-0.1, -0.05) is 6.92 Å². The van der Waals surface area contributed by atoms with Crippen LogP contribution >= 0.6 is 0 Å². The summed E-state index contributed by atoms with van der Waals surface area (Å²) in [5.41, 5.74) is 5.23. The Kier molecular flexibility index (Phi) is 3.19. The first kappa shape index (κ1) is 8.39. The summed E-state index contributed by atoms with van der Waals surface area (Å²) in [5.74, 6) is -1.01. The number of hydrogen-bond acceptors (Lipinski definition) is 2. The molecule has 0 saturated heterocycles. The highest BCUT2D eigenvalue weighted by atomic mass is 16.4. The van der Waals surface area contributed by atoms with E-state index >= 15 is 0 Å². The van der Waals surface area contributed by atoms with Crippen LogP contribution in [0.5, 0.6) is 0 Å². The van der Waals surface area contributed by atoms with Crippen molar-refractivity contribution in [2.75, 3.05) is 0 Å². The first-order valence-corrected chi connectivity index (χ1v) is 2.78. The second-order valence-corrected chi connectivity index (χ2v) is 1.88. The average molecular weight is 134 g/mol. The third-order valence-electron chi connectivity index (χ3n) is 1.14. The van der Waals surface area contributed by atoms with E-state index in [0.29, 0.717) is 6.42 Å². The third kappa shape index (κ3) is 2.43. The molecule has 0 aliphatic rings. The molecule has 9 heavy (non-hydrogen) atoms. The molecule has 54 valence electrons. The molecular formula is C5H12NO3+. The molecule has 0 spiro atoms. The van der Waals surface area contributed by atoms with E-state index < -0.39 is 18.1 Å². The van der Waals surface area contributed by atoms with Gasteiger partial charge in [0.25, 0.3) is 0 Å². The summed E-state index contributed by atoms with van der Waals surface area (Å²) in [5, 5.41) is 17.0. The van der Waals surface area contributed by atoms with Crippen LogP contribution in [0.25, 0.3) is 0 Å². The Morgan fingerprint density at radius 3 is 2.33 bits per heavy atom. The lowest BCUT2D eigenvalue weighted by Crippen LogP contribution is -2.39. The lowest BCUT2D eigenvalue weighted by molar-refractivity contribution is 0.170. The number of aliphatic hydroxyl groups excluding tert-OH is 2. The molecule has 0 aromatic heterocycles. The number of carboxylic acids is 1. The molecule has 0 aromatic rings. The van der Waals surface area contributed by atoms with E-state index in [-0.39, 0.29) is 0 Å². The Bertz CT molecular complexity index is 104. The summed E-state index contributed by atoms with van der Waals surface area (Å²) in [6.07, 6.45) is -0.804. The van der Waals surface area contributed by atoms with Crippen molar-refractivity contribution in [1.29, 1.82) is 0 Å². The summed E-state index contributed by atoms with van der Waals surface area (Å²) >= 11 is 0. The van der Waals surface area contributed by atoms with Gasteiger partial charge in [0, 0.05) is 6.04 Å². The molecule has 5 N–H and O–H groups in total. The van der Waals surface area contributed by atoms with Crippen LogP contribution in [0.1, 0.15) is 13.3 Å². The number of aliphatic hydroxyl groups is 1. The molecule has 2 atom stereocenters. The molecule has 0 aliphatic carbocycles. The Morgan fingerprint density at radius 2 is 2.22 bits per heavy atom. The Labute approximate surface area is 53.3 Å². The Balaban J connectivity index is 3.72. The van der Waals surface area contributed by atoms with Gasteiger partial charge in [-0.2, -0.15) is 0 Å². The van der Waals surface area contributed by atoms with Crippen LogP contribution in [0.2, 0.25) is 0 Å². The van der Waals surface area contributed by atoms with Gasteiger partial charge >= 0.3 is 5.97 Å². The summed E-state index contributed by atoms with van der Waals surface area (Å²) in [6.45, 7) is 1.75. The maximum atomic E-state index is 8.73. The van der Waals surface area contributed by atoms with Gasteiger partial charge in [-0.05, 0) is 6.42 Å². The van der Waals surface area contributed by atoms with Crippen molar-refractivity contribution in [1.82, 2.24) is 0 Å². The summed E-state index contributed by atoms with van der Waals surface area (Å²) in [6, 6.07) is -0.588. The van der Waals surface area contributed by atoms with Gasteiger partial charge in [0.05, 0.1) is 0 Å². The summed E-state index contributed by atoms with van der Waals surface area (Å²) in [7, 11) is 0. The zero-order valence-corrected chi connectivity index (χ0v) is 5.28. The monoisotopic (exact) mass is 134 g/mol. The number of aliphatic carboxylic acids is 1. The SMILES string of the molecule is CC[C@H](N)[C@@H](O)C(O)=[OH+]. The highest BCUT2D eigenvalue weighted by Gasteiger charge is 2.25. The first-order chi connectivity index (χ1) is 4.09. The van der Waals surface area contributed by atoms with Gasteiger partial charge < -0.3 is 20.7 Å². The van der Waals surface area contributed by atoms with E-state index in [1.54, 1.807) is 6.92 Å². The highest BCUT2D eigenvalue weighted by Crippen LogP contribution is 1.93. The Hall–Kier alpha value is -0.610. The number of nitrogens with two attached hydrogens (primary N) is 1. The topological polar surface area (TPSA) is 87.9 Å². The van der Waals surface area contributed by atoms with Crippen LogP contribution < -0.4 is 5.73 Å². The van der Waals surface area contributed by atoms with Gasteiger partial charge in [-0.25, -0.2) is 0 Å². The fourth-order valence-electron chi connectivity index (χ4n) is 0.415. The van der Waals surface area contributed by atoms with Gasteiger partial charge in [0.15, 0.2) is 0 Å². The van der Waals surface area contributed by atoms with E-state index in [1.807, 2.05) is 0 Å². The second-order valence-electron chi connectivity index (χ2n) is 1.88. The molecule has 0 rings (SSSR count). The van der Waals surface area contributed by atoms with Crippen molar-refractivity contribution in [3.05, 3.63) is 0 Å². The molecule has 4 heteroatoms. The van der Waals surface area contributed by atoms with Crippen LogP contribution in [0, 0.1) is 0 Å². The average Bonchev–Trinajstić information content (AvgIpc) is 1.84. The number of rotatable bonds is 3. The summed E-state index contributed by atoms with van der Waals surface area (Å²) < 4.78 is 0. The van der Waals surface area contributed by atoms with Crippen LogP contribution in [-0.4, -0.2) is 33.1 Å². The van der Waals surface area contributed by atoms with E-state index in [1.165, 1.54) is 0 Å². The van der Waals surface area contributed by atoms with Crippen molar-refractivity contribution < 1.29 is 15.0 Å². The second kappa shape index (κ2) is 3.42. The predicted octanol–water partition coefficient (Wildman–Crippen LogP) is -0.855. The van der Waals surface area contributed by atoms with E-state index in [4.69, 9.17) is 20.7 Å². The number of carboxylic acid groups (broad SMARTS) is 1. The zero-order valence-electron chi connectivity index (χ0n) is 5.28. The van der Waals surface area contributed by atoms with Crippen molar-refractivity contribution in [2.24, 2.45) is 5.73 Å². The fourth-order valence-corrected chi connectivity index (χ4v) is 0.415. The minimum atomic E-state index is -1.31. The van der Waals surface area contributed by atoms with E-state index in [0.717, 1.165) is 0 Å². The van der Waals surface area contributed by atoms with Crippen LogP contribution in [0.15, 0.2) is 0 Å². The van der Waals surface area contributed by atoms with Crippen molar-refractivity contribution in [3.8, 4) is 0 Å². The molecule has 0 heterocycles. The molecule has 0 fully saturated rings. The maximum Gasteiger partial charge on any atom is 0.512 e. The molecule has 0 aliphatic heterocycles. The number of hydrogen-bond donors (Lipinski definition) is 3. The molecule has 0 unspecified atom stereocenters. The molecule has 4 nitrogen and oxygen atoms in total. The third-order valence-corrected chi connectivity index (χ3v) is 1.14. The minimum absolute atomic E-state index is 0.506. The standard InChI is InChI=1S/C5H11NO3/c1-2-3(6)4(7)5(8)9/h3-4,7H,2,6H2,1H3,(H,8,9)/p+1/t3-,4+/m0/s1. The van der Waals surface area contributed by atoms with Gasteiger partial charge in [-0.15, -0.1) is 0 Å². The maximum absolute atomic E-state index is 8.73. The first-order valence-electron chi connectivity index (χ1n) is 2.78. The summed E-state index contributed by atoms with van der Waals surface area (Å²) in [4.78, 5) is 8.26. The van der Waals surface area contributed by atoms with Gasteiger partial charge in [0.1, 0.15) is 0 Å². The zero-order chi connectivity index (χ0) is 7.44. The molecule has 0 radical (unpaired) electrons. The predicted molar refractivity (Wildman–Crippen MR) is 33.8 cm³/mol. The molecule has 0 aromatic carbocycles. The largest absolute Gasteiger partial charge is 0.512 e. The van der Waals surface area contributed by atoms with Crippen molar-refractivity contribution in [3.63, 3.8) is 0 Å². The van der Waals surface area contributed by atoms with E-state index in [9.17, 15) is 0 Å². The smallest absolute Gasteiger partial charge is 0.375 e. The molecular weight excluding hydrogens is 122 g/mol. The normalized spacial score (nSPS) is 16.8. The van der Waals surface area contributed by atoms with Crippen LogP contribution in [0.3, 0.4) is 0 Å². The van der Waals surface area contributed by atoms with Crippen molar-refractivity contribution >= 4 is 5.97 Å². The molecule has 0 bridgehead atoms. The lowest BCUT2D eigenvalue weighted by Gasteiger charge is -2.07. The quantitative estimate of drug-likeness (QED) is 0.439. The minimum Gasteiger partial charge on any atom is -0.375 e. The van der Waals surface area contributed by atoms with E-state index in [2.05, 4.69) is 0 Å². The van der Waals surface area contributed by atoms with Crippen LogP contribution in [0.4, 0.5) is 0 Å². The highest BCUT2D eigenvalue weighted by molar-refractivity contribution is 5.73. The Morgan fingerprint density at radius 1 is 1.78 bits per heavy atom. The van der Waals surface area contributed by atoms with Gasteiger partial charge in [-0.3, -0.25) is 0 Å². The van der Waals surface area contributed by atoms with Gasteiger partial charge in [0.2, 0.25) is 6.10 Å². The molecule has 0 saturated carbocycles. The van der Waals surface area contributed by atoms with Crippen LogP contribution in [-0.2, 0) is 0 Å². The molecule has 0 amide bonds. The fraction of sp³-hybridized carbons (Fsp3) is 0.800.